The minimum Gasteiger partial charge on any atom is -0.361 e. The van der Waals surface area contributed by atoms with Gasteiger partial charge >= 0.3 is 0 Å². The van der Waals surface area contributed by atoms with E-state index in [9.17, 15) is 4.79 Å². The van der Waals surface area contributed by atoms with Crippen molar-refractivity contribution in [3.8, 4) is 0 Å². The molecule has 1 amide bonds. The number of carbonyl (C=O) groups is 1. The number of aromatic nitrogens is 3. The van der Waals surface area contributed by atoms with Crippen LogP contribution >= 0.6 is 0 Å². The molecule has 0 saturated heterocycles. The molecule has 21 heavy (non-hydrogen) atoms. The predicted octanol–water partition coefficient (Wildman–Crippen LogP) is 2.38. The highest BCUT2D eigenvalue weighted by Gasteiger charge is 2.06. The maximum Gasteiger partial charge on any atom is 0.222 e. The zero-order chi connectivity index (χ0) is 14.7. The van der Waals surface area contributed by atoms with Crippen LogP contribution in [-0.2, 0) is 17.9 Å². The van der Waals surface area contributed by atoms with E-state index in [4.69, 9.17) is 0 Å². The van der Waals surface area contributed by atoms with Crippen molar-refractivity contribution in [3.05, 3.63) is 54.2 Å². The third kappa shape index (κ3) is 2.97. The van der Waals surface area contributed by atoms with Gasteiger partial charge in [0, 0.05) is 49.0 Å². The molecule has 0 atom stereocenters. The summed E-state index contributed by atoms with van der Waals surface area (Å²) in [6.45, 7) is 3.15. The standard InChI is InChI=1S/C16H18N4O/c1-12-17-8-10-20(12)9-6-16(21)19-11-13-3-2-4-15-14(13)5-7-18-15/h2-5,7-8,10,18H,6,9,11H2,1H3,(H,19,21). The summed E-state index contributed by atoms with van der Waals surface area (Å²) in [4.78, 5) is 19.3. The lowest BCUT2D eigenvalue weighted by Crippen LogP contribution is -2.24. The highest BCUT2D eigenvalue weighted by molar-refractivity contribution is 5.83. The van der Waals surface area contributed by atoms with Gasteiger partial charge in [-0.1, -0.05) is 12.1 Å². The van der Waals surface area contributed by atoms with E-state index in [1.807, 2.05) is 48.1 Å². The number of rotatable bonds is 5. The van der Waals surface area contributed by atoms with Crippen molar-refractivity contribution < 1.29 is 4.79 Å². The number of H-pyrrole nitrogens is 1. The van der Waals surface area contributed by atoms with E-state index >= 15 is 0 Å². The molecular formula is C16H18N4O. The van der Waals surface area contributed by atoms with Crippen LogP contribution in [0.15, 0.2) is 42.9 Å². The normalized spacial score (nSPS) is 10.9. The number of hydrogen-bond acceptors (Lipinski definition) is 2. The molecule has 0 unspecified atom stereocenters. The molecule has 3 aromatic rings. The highest BCUT2D eigenvalue weighted by atomic mass is 16.1. The Bertz CT molecular complexity index is 756. The summed E-state index contributed by atoms with van der Waals surface area (Å²) in [5, 5.41) is 4.13. The fraction of sp³-hybridized carbons (Fsp3) is 0.250. The van der Waals surface area contributed by atoms with Crippen LogP contribution in [0.2, 0.25) is 0 Å². The number of benzene rings is 1. The van der Waals surface area contributed by atoms with Gasteiger partial charge in [-0.15, -0.1) is 0 Å². The molecule has 108 valence electrons. The average Bonchev–Trinajstić information content (AvgIpc) is 3.11. The van der Waals surface area contributed by atoms with Crippen LogP contribution < -0.4 is 5.32 Å². The molecular weight excluding hydrogens is 264 g/mol. The number of nitrogens with one attached hydrogen (secondary N) is 2. The van der Waals surface area contributed by atoms with Crippen LogP contribution in [0, 0.1) is 6.92 Å². The molecule has 0 radical (unpaired) electrons. The number of aryl methyl sites for hydroxylation is 2. The van der Waals surface area contributed by atoms with Gasteiger partial charge in [0.25, 0.3) is 0 Å². The van der Waals surface area contributed by atoms with Crippen LogP contribution in [0.1, 0.15) is 17.8 Å². The number of nitrogens with zero attached hydrogens (tertiary/aromatic N) is 2. The first-order chi connectivity index (χ1) is 10.2. The summed E-state index contributed by atoms with van der Waals surface area (Å²) >= 11 is 0. The first kappa shape index (κ1) is 13.4. The predicted molar refractivity (Wildman–Crippen MR) is 81.7 cm³/mol. The second kappa shape index (κ2) is 5.83. The van der Waals surface area contributed by atoms with Gasteiger partial charge in [-0.3, -0.25) is 4.79 Å². The van der Waals surface area contributed by atoms with Gasteiger partial charge in [0.15, 0.2) is 0 Å². The largest absolute Gasteiger partial charge is 0.361 e. The highest BCUT2D eigenvalue weighted by Crippen LogP contribution is 2.16. The van der Waals surface area contributed by atoms with E-state index in [0.29, 0.717) is 19.5 Å². The van der Waals surface area contributed by atoms with E-state index in [1.54, 1.807) is 6.20 Å². The van der Waals surface area contributed by atoms with Crippen molar-refractivity contribution in [3.63, 3.8) is 0 Å². The van der Waals surface area contributed by atoms with Crippen LogP contribution in [0.3, 0.4) is 0 Å². The lowest BCUT2D eigenvalue weighted by Gasteiger charge is -2.08. The van der Waals surface area contributed by atoms with Crippen molar-refractivity contribution in [1.29, 1.82) is 0 Å². The lowest BCUT2D eigenvalue weighted by atomic mass is 10.1. The Kier molecular flexibility index (Phi) is 3.73. The van der Waals surface area contributed by atoms with Crippen LogP contribution in [-0.4, -0.2) is 20.4 Å². The van der Waals surface area contributed by atoms with Crippen molar-refractivity contribution in [2.45, 2.75) is 26.4 Å². The van der Waals surface area contributed by atoms with Crippen LogP contribution in [0.5, 0.6) is 0 Å². The third-order valence-corrected chi connectivity index (χ3v) is 3.66. The Hall–Kier alpha value is -2.56. The Labute approximate surface area is 123 Å². The van der Waals surface area contributed by atoms with Gasteiger partial charge in [-0.2, -0.15) is 0 Å². The van der Waals surface area contributed by atoms with Gasteiger partial charge in [0.1, 0.15) is 5.82 Å². The number of hydrogen-bond donors (Lipinski definition) is 2. The second-order valence-electron chi connectivity index (χ2n) is 5.05. The summed E-state index contributed by atoms with van der Waals surface area (Å²) < 4.78 is 1.98. The molecule has 0 saturated carbocycles. The first-order valence-corrected chi connectivity index (χ1v) is 7.03. The zero-order valence-electron chi connectivity index (χ0n) is 12.0. The molecule has 2 heterocycles. The minimum atomic E-state index is 0.0515. The number of aromatic amines is 1. The smallest absolute Gasteiger partial charge is 0.222 e. The van der Waals surface area contributed by atoms with Crippen molar-refractivity contribution in [1.82, 2.24) is 19.9 Å². The van der Waals surface area contributed by atoms with E-state index in [1.165, 1.54) is 0 Å². The Morgan fingerprint density at radius 2 is 2.29 bits per heavy atom. The summed E-state index contributed by atoms with van der Waals surface area (Å²) in [6, 6.07) is 8.10. The van der Waals surface area contributed by atoms with Gasteiger partial charge in [0.05, 0.1) is 0 Å². The van der Waals surface area contributed by atoms with Gasteiger partial charge < -0.3 is 14.9 Å². The maximum atomic E-state index is 11.9. The quantitative estimate of drug-likeness (QED) is 0.754. The Morgan fingerprint density at radius 1 is 1.38 bits per heavy atom. The molecule has 3 rings (SSSR count). The van der Waals surface area contributed by atoms with E-state index in [-0.39, 0.29) is 5.91 Å². The van der Waals surface area contributed by atoms with Gasteiger partial charge in [0.2, 0.25) is 5.91 Å². The molecule has 0 fully saturated rings. The summed E-state index contributed by atoms with van der Waals surface area (Å²) in [5.74, 6) is 0.982. The third-order valence-electron chi connectivity index (χ3n) is 3.66. The molecule has 1 aromatic carbocycles. The molecule has 2 N–H and O–H groups in total. The van der Waals surface area contributed by atoms with Crippen LogP contribution in [0.25, 0.3) is 10.9 Å². The van der Waals surface area contributed by atoms with Gasteiger partial charge in [-0.25, -0.2) is 4.98 Å². The molecule has 0 aliphatic rings. The minimum absolute atomic E-state index is 0.0515. The fourth-order valence-electron chi connectivity index (χ4n) is 2.45. The monoisotopic (exact) mass is 282 g/mol. The molecule has 5 heteroatoms. The summed E-state index contributed by atoms with van der Waals surface area (Å²) in [6.07, 6.45) is 6.01. The van der Waals surface area contributed by atoms with E-state index in [0.717, 1.165) is 22.3 Å². The molecule has 5 nitrogen and oxygen atoms in total. The zero-order valence-corrected chi connectivity index (χ0v) is 12.0. The number of amides is 1. The Morgan fingerprint density at radius 3 is 3.10 bits per heavy atom. The Balaban J connectivity index is 1.56. The van der Waals surface area contributed by atoms with Gasteiger partial charge in [-0.05, 0) is 24.6 Å². The van der Waals surface area contributed by atoms with E-state index in [2.05, 4.69) is 15.3 Å². The summed E-state index contributed by atoms with van der Waals surface area (Å²) in [7, 11) is 0. The van der Waals surface area contributed by atoms with Crippen molar-refractivity contribution in [2.24, 2.45) is 0 Å². The second-order valence-corrected chi connectivity index (χ2v) is 5.05. The lowest BCUT2D eigenvalue weighted by molar-refractivity contribution is -0.121. The summed E-state index contributed by atoms with van der Waals surface area (Å²) in [5.41, 5.74) is 2.22. The maximum absolute atomic E-state index is 11.9. The number of carbonyl (C=O) groups excluding carboxylic acids is 1. The topological polar surface area (TPSA) is 62.7 Å². The molecule has 0 spiro atoms. The molecule has 0 aliphatic heterocycles. The fourth-order valence-corrected chi connectivity index (χ4v) is 2.45. The molecule has 0 aliphatic carbocycles. The van der Waals surface area contributed by atoms with Crippen molar-refractivity contribution in [2.75, 3.05) is 0 Å². The number of imidazole rings is 1. The SMILES string of the molecule is Cc1nccn1CCC(=O)NCc1cccc2[nH]ccc12. The average molecular weight is 282 g/mol. The van der Waals surface area contributed by atoms with Crippen molar-refractivity contribution >= 4 is 16.8 Å². The van der Waals surface area contributed by atoms with Crippen LogP contribution in [0.4, 0.5) is 0 Å². The molecule has 0 bridgehead atoms. The first-order valence-electron chi connectivity index (χ1n) is 7.03. The molecule has 2 aromatic heterocycles. The van der Waals surface area contributed by atoms with E-state index < -0.39 is 0 Å². The number of fused-ring (bicyclic) bond motifs is 1.